The molecule has 4 rings (SSSR count). The number of carbonyl (C=O) groups is 2. The summed E-state index contributed by atoms with van der Waals surface area (Å²) < 4.78 is 4.94. The van der Waals surface area contributed by atoms with Gasteiger partial charge in [0, 0.05) is 50.0 Å². The molecule has 152 valence electrons. The predicted octanol–water partition coefficient (Wildman–Crippen LogP) is 2.26. The van der Waals surface area contributed by atoms with Crippen LogP contribution in [-0.2, 0) is 4.79 Å². The number of anilines is 1. The maximum Gasteiger partial charge on any atom is 0.433 e. The van der Waals surface area contributed by atoms with Gasteiger partial charge in [-0.05, 0) is 24.3 Å². The van der Waals surface area contributed by atoms with Crippen molar-refractivity contribution < 1.29 is 18.9 Å². The first-order chi connectivity index (χ1) is 13.9. The lowest BCUT2D eigenvalue weighted by Crippen LogP contribution is -2.59. The molecule has 1 aromatic heterocycles. The van der Waals surface area contributed by atoms with Crippen molar-refractivity contribution >= 4 is 35.0 Å². The normalized spacial score (nSPS) is 17.2. The average molecular weight is 419 g/mol. The molecule has 2 aliphatic heterocycles. The van der Waals surface area contributed by atoms with Crippen molar-refractivity contribution in [3.8, 4) is 0 Å². The first-order valence-electron chi connectivity index (χ1n) is 9.25. The summed E-state index contributed by atoms with van der Waals surface area (Å²) in [5.74, 6) is -1.21. The second kappa shape index (κ2) is 7.75. The lowest BCUT2D eigenvalue weighted by Gasteiger charge is -2.42. The number of halogens is 1. The van der Waals surface area contributed by atoms with Gasteiger partial charge in [0.2, 0.25) is 5.91 Å². The molecule has 2 saturated heterocycles. The Balaban J connectivity index is 1.27. The standard InChI is InChI=1S/C19H19ClN4O5/c20-14-2-1-3-15(10-14)21-6-8-22(9-7-21)18(25)13-11-23(12-13)19(26)16-4-5-17(29-16)24(27)28/h1-5,10,13H,6-9,11-12H2. The van der Waals surface area contributed by atoms with Gasteiger partial charge in [-0.3, -0.25) is 19.7 Å². The molecule has 2 fully saturated rings. The lowest BCUT2D eigenvalue weighted by atomic mass is 9.97. The number of furan rings is 1. The van der Waals surface area contributed by atoms with Crippen LogP contribution in [0.4, 0.5) is 11.6 Å². The summed E-state index contributed by atoms with van der Waals surface area (Å²) in [5, 5.41) is 11.3. The van der Waals surface area contributed by atoms with Crippen LogP contribution in [-0.4, -0.2) is 65.8 Å². The zero-order chi connectivity index (χ0) is 20.5. The van der Waals surface area contributed by atoms with Gasteiger partial charge in [-0.2, -0.15) is 0 Å². The molecule has 0 saturated carbocycles. The first-order valence-corrected chi connectivity index (χ1v) is 9.63. The van der Waals surface area contributed by atoms with Gasteiger partial charge in [-0.15, -0.1) is 0 Å². The van der Waals surface area contributed by atoms with E-state index in [1.807, 2.05) is 29.2 Å². The highest BCUT2D eigenvalue weighted by molar-refractivity contribution is 6.30. The molecule has 29 heavy (non-hydrogen) atoms. The van der Waals surface area contributed by atoms with Gasteiger partial charge >= 0.3 is 5.88 Å². The van der Waals surface area contributed by atoms with Crippen LogP contribution in [0.3, 0.4) is 0 Å². The zero-order valence-corrected chi connectivity index (χ0v) is 16.2. The number of nitro groups is 1. The van der Waals surface area contributed by atoms with Gasteiger partial charge < -0.3 is 19.1 Å². The van der Waals surface area contributed by atoms with Crippen molar-refractivity contribution in [2.45, 2.75) is 0 Å². The van der Waals surface area contributed by atoms with E-state index < -0.39 is 16.7 Å². The largest absolute Gasteiger partial charge is 0.433 e. The smallest absolute Gasteiger partial charge is 0.395 e. The lowest BCUT2D eigenvalue weighted by molar-refractivity contribution is -0.402. The fourth-order valence-electron chi connectivity index (χ4n) is 3.61. The number of carbonyl (C=O) groups excluding carboxylic acids is 2. The van der Waals surface area contributed by atoms with E-state index in [9.17, 15) is 19.7 Å². The van der Waals surface area contributed by atoms with Gasteiger partial charge in [-0.1, -0.05) is 17.7 Å². The highest BCUT2D eigenvalue weighted by atomic mass is 35.5. The summed E-state index contributed by atoms with van der Waals surface area (Å²) in [5.41, 5.74) is 1.04. The molecule has 0 spiro atoms. The Bertz CT molecular complexity index is 948. The number of nitrogens with zero attached hydrogens (tertiary/aromatic N) is 4. The van der Waals surface area contributed by atoms with Crippen molar-refractivity contribution in [2.24, 2.45) is 5.92 Å². The summed E-state index contributed by atoms with van der Waals surface area (Å²) in [4.78, 5) is 40.5. The zero-order valence-electron chi connectivity index (χ0n) is 15.5. The van der Waals surface area contributed by atoms with Gasteiger partial charge in [0.25, 0.3) is 5.91 Å². The molecule has 2 amide bonds. The maximum absolute atomic E-state index is 12.7. The molecular formula is C19H19ClN4O5. The van der Waals surface area contributed by atoms with Crippen LogP contribution >= 0.6 is 11.6 Å². The number of rotatable bonds is 4. The first kappa shape index (κ1) is 19.3. The highest BCUT2D eigenvalue weighted by Crippen LogP contribution is 2.25. The Kier molecular flexibility index (Phi) is 5.14. The minimum atomic E-state index is -0.692. The Morgan fingerprint density at radius 3 is 2.41 bits per heavy atom. The van der Waals surface area contributed by atoms with Gasteiger partial charge in [0.05, 0.1) is 12.0 Å². The summed E-state index contributed by atoms with van der Waals surface area (Å²) >= 11 is 6.05. The van der Waals surface area contributed by atoms with E-state index in [1.54, 1.807) is 0 Å². The van der Waals surface area contributed by atoms with E-state index in [0.717, 1.165) is 24.8 Å². The molecule has 9 nitrogen and oxygen atoms in total. The molecule has 0 unspecified atom stereocenters. The van der Waals surface area contributed by atoms with Gasteiger partial charge in [-0.25, -0.2) is 0 Å². The molecule has 0 bridgehead atoms. The fourth-order valence-corrected chi connectivity index (χ4v) is 3.80. The summed E-state index contributed by atoms with van der Waals surface area (Å²) in [6.07, 6.45) is 0. The Morgan fingerprint density at radius 1 is 1.07 bits per heavy atom. The Labute approximate surface area is 171 Å². The third-order valence-corrected chi connectivity index (χ3v) is 5.50. The molecule has 1 aromatic carbocycles. The Hall–Kier alpha value is -3.07. The van der Waals surface area contributed by atoms with Crippen LogP contribution in [0.5, 0.6) is 0 Å². The summed E-state index contributed by atoms with van der Waals surface area (Å²) in [6, 6.07) is 10.1. The van der Waals surface area contributed by atoms with Crippen LogP contribution in [0.1, 0.15) is 10.6 Å². The SMILES string of the molecule is O=C(c1ccc([N+](=O)[O-])o1)N1CC(C(=O)N2CCN(c3cccc(Cl)c3)CC2)C1. The summed E-state index contributed by atoms with van der Waals surface area (Å²) in [7, 11) is 0. The van der Waals surface area contributed by atoms with Crippen molar-refractivity contribution in [1.29, 1.82) is 0 Å². The van der Waals surface area contributed by atoms with E-state index in [-0.39, 0.29) is 17.6 Å². The third-order valence-electron chi connectivity index (χ3n) is 5.27. The van der Waals surface area contributed by atoms with Crippen molar-refractivity contribution in [3.05, 3.63) is 57.3 Å². The number of benzene rings is 1. The molecule has 3 heterocycles. The van der Waals surface area contributed by atoms with E-state index in [4.69, 9.17) is 16.0 Å². The molecule has 2 aliphatic rings. The minimum absolute atomic E-state index is 0.0326. The van der Waals surface area contributed by atoms with Crippen LogP contribution < -0.4 is 4.90 Å². The predicted molar refractivity (Wildman–Crippen MR) is 105 cm³/mol. The monoisotopic (exact) mass is 418 g/mol. The number of likely N-dealkylation sites (tertiary alicyclic amines) is 1. The second-order valence-electron chi connectivity index (χ2n) is 7.09. The molecule has 2 aromatic rings. The van der Waals surface area contributed by atoms with Crippen molar-refractivity contribution in [1.82, 2.24) is 9.80 Å². The van der Waals surface area contributed by atoms with E-state index in [1.165, 1.54) is 11.0 Å². The molecule has 0 aliphatic carbocycles. The van der Waals surface area contributed by atoms with Crippen LogP contribution in [0, 0.1) is 16.0 Å². The molecule has 0 N–H and O–H groups in total. The van der Waals surface area contributed by atoms with E-state index in [2.05, 4.69) is 4.90 Å². The van der Waals surface area contributed by atoms with E-state index >= 15 is 0 Å². The number of hydrogen-bond donors (Lipinski definition) is 0. The molecule has 0 radical (unpaired) electrons. The van der Waals surface area contributed by atoms with Crippen molar-refractivity contribution in [2.75, 3.05) is 44.2 Å². The van der Waals surface area contributed by atoms with E-state index in [0.29, 0.717) is 31.2 Å². The third kappa shape index (κ3) is 3.91. The minimum Gasteiger partial charge on any atom is -0.395 e. The summed E-state index contributed by atoms with van der Waals surface area (Å²) in [6.45, 7) is 3.25. The molecular weight excluding hydrogens is 400 g/mol. The van der Waals surface area contributed by atoms with Crippen LogP contribution in [0.15, 0.2) is 40.8 Å². The number of piperazine rings is 1. The Morgan fingerprint density at radius 2 is 1.79 bits per heavy atom. The maximum atomic E-state index is 12.7. The topological polar surface area (TPSA) is 100 Å². The number of hydrogen-bond acceptors (Lipinski definition) is 6. The van der Waals surface area contributed by atoms with Crippen LogP contribution in [0.25, 0.3) is 0 Å². The number of amides is 2. The quantitative estimate of drug-likeness (QED) is 0.557. The van der Waals surface area contributed by atoms with Crippen molar-refractivity contribution in [3.63, 3.8) is 0 Å². The highest BCUT2D eigenvalue weighted by Gasteiger charge is 2.40. The fraction of sp³-hybridized carbons (Fsp3) is 0.368. The average Bonchev–Trinajstić information content (AvgIpc) is 3.17. The van der Waals surface area contributed by atoms with Gasteiger partial charge in [0.1, 0.15) is 4.92 Å². The second-order valence-corrected chi connectivity index (χ2v) is 7.53. The van der Waals surface area contributed by atoms with Crippen LogP contribution in [0.2, 0.25) is 5.02 Å². The van der Waals surface area contributed by atoms with Gasteiger partial charge in [0.15, 0.2) is 5.76 Å². The molecule has 10 heteroatoms. The molecule has 0 atom stereocenters.